The Morgan fingerprint density at radius 3 is 1.89 bits per heavy atom. The molecule has 56 valence electrons. The number of aliphatic carboxylic acids is 1. The van der Waals surface area contributed by atoms with Gasteiger partial charge in [0.1, 0.15) is 6.04 Å². The zero-order valence-corrected chi connectivity index (χ0v) is 5.09. The van der Waals surface area contributed by atoms with E-state index in [1.807, 2.05) is 0 Å². The van der Waals surface area contributed by atoms with Crippen molar-refractivity contribution in [1.82, 2.24) is 0 Å². The molecule has 9 heavy (non-hydrogen) atoms. The summed E-state index contributed by atoms with van der Waals surface area (Å²) in [6.45, 7) is 3.55. The Kier molecular flexibility index (Phi) is 6.28. The van der Waals surface area contributed by atoms with Gasteiger partial charge >= 0.3 is 23.6 Å². The molecule has 0 heterocycles. The average molecular weight is 194 g/mol. The minimum absolute atomic E-state index is 0. The van der Waals surface area contributed by atoms with Crippen molar-refractivity contribution in [2.24, 2.45) is 11.7 Å². The van der Waals surface area contributed by atoms with E-state index in [0.717, 1.165) is 0 Å². The standard InChI is InChI=1S/C5H11NO2.GeH4/c1-3(2)4(6)5(7)8;/h3-4H,6H2,1-2H3,(H,7,8);1H4/t4-;/m0./s1. The fraction of sp³-hybridized carbons (Fsp3) is 0.800. The number of hydrogen-bond donors (Lipinski definition) is 2. The monoisotopic (exact) mass is 195 g/mol. The Morgan fingerprint density at radius 1 is 1.56 bits per heavy atom. The van der Waals surface area contributed by atoms with Crippen molar-refractivity contribution in [3.63, 3.8) is 0 Å². The van der Waals surface area contributed by atoms with E-state index in [0.29, 0.717) is 0 Å². The molecule has 0 amide bonds. The third kappa shape index (κ3) is 4.47. The van der Waals surface area contributed by atoms with E-state index in [1.165, 1.54) is 0 Å². The van der Waals surface area contributed by atoms with Gasteiger partial charge in [0.05, 0.1) is 0 Å². The molecule has 0 unspecified atom stereocenters. The molecule has 1 atom stereocenters. The van der Waals surface area contributed by atoms with Gasteiger partial charge in [0.25, 0.3) is 0 Å². The molecular formula is C5H15GeNO2. The van der Waals surface area contributed by atoms with Crippen molar-refractivity contribution in [2.75, 3.05) is 0 Å². The summed E-state index contributed by atoms with van der Waals surface area (Å²) < 4.78 is 0. The first kappa shape index (κ1) is 11.7. The van der Waals surface area contributed by atoms with E-state index in [1.54, 1.807) is 13.8 Å². The molecule has 0 aliphatic rings. The third-order valence-electron chi connectivity index (χ3n) is 1.00. The van der Waals surface area contributed by atoms with Gasteiger partial charge in [0.2, 0.25) is 0 Å². The van der Waals surface area contributed by atoms with Crippen molar-refractivity contribution in [3.05, 3.63) is 0 Å². The SMILES string of the molecule is CC(C)[C@H](N)C(=O)O.[GeH4]. The second-order valence-electron chi connectivity index (χ2n) is 2.11. The molecule has 0 fully saturated rings. The molecule has 0 rings (SSSR count). The average Bonchev–Trinajstić information content (AvgIpc) is 1.64. The molecule has 0 aliphatic carbocycles. The van der Waals surface area contributed by atoms with Gasteiger partial charge in [-0.25, -0.2) is 0 Å². The number of carboxylic acids is 1. The van der Waals surface area contributed by atoms with Gasteiger partial charge in [0.15, 0.2) is 0 Å². The summed E-state index contributed by atoms with van der Waals surface area (Å²) in [5.41, 5.74) is 5.16. The molecule has 0 saturated heterocycles. The predicted molar refractivity (Wildman–Crippen MR) is 41.8 cm³/mol. The summed E-state index contributed by atoms with van der Waals surface area (Å²) in [6, 6.07) is -0.713. The number of carboxylic acid groups (broad SMARTS) is 1. The summed E-state index contributed by atoms with van der Waals surface area (Å²) in [5, 5.41) is 8.23. The first-order chi connectivity index (χ1) is 3.55. The van der Waals surface area contributed by atoms with Gasteiger partial charge in [-0.15, -0.1) is 0 Å². The zero-order chi connectivity index (χ0) is 6.73. The van der Waals surface area contributed by atoms with E-state index in [-0.39, 0.29) is 23.5 Å². The van der Waals surface area contributed by atoms with Crippen LogP contribution >= 0.6 is 0 Å². The van der Waals surface area contributed by atoms with Crippen LogP contribution in [0.1, 0.15) is 13.8 Å². The Balaban J connectivity index is 0. The van der Waals surface area contributed by atoms with E-state index in [2.05, 4.69) is 0 Å². The summed E-state index contributed by atoms with van der Waals surface area (Å²) in [4.78, 5) is 10.0. The molecule has 0 radical (unpaired) electrons. The number of rotatable bonds is 2. The van der Waals surface area contributed by atoms with Crippen LogP contribution in [0.2, 0.25) is 0 Å². The minimum atomic E-state index is -0.931. The summed E-state index contributed by atoms with van der Waals surface area (Å²) in [5.74, 6) is -0.910. The second-order valence-corrected chi connectivity index (χ2v) is 2.11. The molecule has 0 aromatic heterocycles. The van der Waals surface area contributed by atoms with Crippen LogP contribution in [0, 0.1) is 5.92 Å². The molecule has 0 spiro atoms. The fourth-order valence-corrected chi connectivity index (χ4v) is 0.285. The third-order valence-corrected chi connectivity index (χ3v) is 1.00. The topological polar surface area (TPSA) is 63.3 Å². The molecule has 4 heteroatoms. The van der Waals surface area contributed by atoms with Crippen molar-refractivity contribution < 1.29 is 9.90 Å². The van der Waals surface area contributed by atoms with Gasteiger partial charge in [-0.3, -0.25) is 4.79 Å². The molecule has 0 saturated carbocycles. The van der Waals surface area contributed by atoms with Crippen molar-refractivity contribution >= 4 is 23.6 Å². The maximum absolute atomic E-state index is 10.0. The molecule has 0 bridgehead atoms. The molecule has 3 N–H and O–H groups in total. The summed E-state index contributed by atoms with van der Waals surface area (Å²) >= 11 is 0. The predicted octanol–water partition coefficient (Wildman–Crippen LogP) is -1.40. The first-order valence-corrected chi connectivity index (χ1v) is 2.54. The van der Waals surface area contributed by atoms with Crippen LogP contribution in [0.5, 0.6) is 0 Å². The number of carbonyl (C=O) groups is 1. The number of nitrogens with two attached hydrogens (primary N) is 1. The Bertz CT molecular complexity index is 95.0. The molecule has 0 aromatic carbocycles. The first-order valence-electron chi connectivity index (χ1n) is 2.54. The van der Waals surface area contributed by atoms with Crippen LogP contribution in [-0.4, -0.2) is 34.7 Å². The van der Waals surface area contributed by atoms with Crippen LogP contribution in [-0.2, 0) is 4.79 Å². The van der Waals surface area contributed by atoms with Gasteiger partial charge in [0, 0.05) is 0 Å². The molecule has 0 aliphatic heterocycles. The van der Waals surface area contributed by atoms with Gasteiger partial charge in [-0.1, -0.05) is 13.8 Å². The Labute approximate surface area is 65.6 Å². The van der Waals surface area contributed by atoms with Gasteiger partial charge in [-0.05, 0) is 5.92 Å². The number of hydrogen-bond acceptors (Lipinski definition) is 2. The van der Waals surface area contributed by atoms with Crippen molar-refractivity contribution in [3.8, 4) is 0 Å². The van der Waals surface area contributed by atoms with Crippen molar-refractivity contribution in [2.45, 2.75) is 19.9 Å². The van der Waals surface area contributed by atoms with E-state index in [4.69, 9.17) is 10.8 Å². The fourth-order valence-electron chi connectivity index (χ4n) is 0.285. The Morgan fingerprint density at radius 2 is 1.89 bits per heavy atom. The van der Waals surface area contributed by atoms with E-state index >= 15 is 0 Å². The summed E-state index contributed by atoms with van der Waals surface area (Å²) in [6.07, 6.45) is 0. The zero-order valence-electron chi connectivity index (χ0n) is 5.09. The summed E-state index contributed by atoms with van der Waals surface area (Å²) in [7, 11) is 0. The van der Waals surface area contributed by atoms with Crippen LogP contribution in [0.25, 0.3) is 0 Å². The van der Waals surface area contributed by atoms with Crippen LogP contribution in [0.3, 0.4) is 0 Å². The normalized spacial score (nSPS) is 12.4. The Hall–Kier alpha value is -0.0271. The molecular weight excluding hydrogens is 179 g/mol. The van der Waals surface area contributed by atoms with Crippen LogP contribution in [0.15, 0.2) is 0 Å². The van der Waals surface area contributed by atoms with Crippen LogP contribution < -0.4 is 5.73 Å². The molecule has 3 nitrogen and oxygen atoms in total. The van der Waals surface area contributed by atoms with Crippen molar-refractivity contribution in [1.29, 1.82) is 0 Å². The van der Waals surface area contributed by atoms with Crippen LogP contribution in [0.4, 0.5) is 0 Å². The quantitative estimate of drug-likeness (QED) is 0.531. The maximum atomic E-state index is 10.0. The van der Waals surface area contributed by atoms with Gasteiger partial charge in [-0.2, -0.15) is 0 Å². The second kappa shape index (κ2) is 4.81. The van der Waals surface area contributed by atoms with E-state index < -0.39 is 12.0 Å². The van der Waals surface area contributed by atoms with E-state index in [9.17, 15) is 4.79 Å². The molecule has 0 aromatic rings. The van der Waals surface area contributed by atoms with Gasteiger partial charge < -0.3 is 10.8 Å².